The zero-order chi connectivity index (χ0) is 24.1. The monoisotopic (exact) mass is 467 g/mol. The number of piperidine rings is 1. The minimum Gasteiger partial charge on any atom is -0.457 e. The number of amides is 2. The molecule has 0 aliphatic carbocycles. The Morgan fingerprint density at radius 3 is 2.50 bits per heavy atom. The highest BCUT2D eigenvalue weighted by Crippen LogP contribution is 2.22. The van der Waals surface area contributed by atoms with Crippen molar-refractivity contribution >= 4 is 23.5 Å². The largest absolute Gasteiger partial charge is 0.457 e. The minimum atomic E-state index is -0.371. The van der Waals surface area contributed by atoms with Crippen LogP contribution in [0.3, 0.4) is 0 Å². The summed E-state index contributed by atoms with van der Waals surface area (Å²) in [5.74, 6) is -0.870. The maximum atomic E-state index is 12.8. The molecule has 182 valence electrons. The van der Waals surface area contributed by atoms with Crippen molar-refractivity contribution in [3.8, 4) is 0 Å². The zero-order valence-corrected chi connectivity index (χ0v) is 19.9. The lowest BCUT2D eigenvalue weighted by Gasteiger charge is -2.30. The number of Topliss-reactive ketones (excluding diaryl/α,β-unsaturated/α-hetero) is 1. The van der Waals surface area contributed by atoms with Gasteiger partial charge in [-0.2, -0.15) is 0 Å². The number of ketones is 1. The minimum absolute atomic E-state index is 0.174. The lowest BCUT2D eigenvalue weighted by molar-refractivity contribution is -0.148. The Labute approximate surface area is 200 Å². The summed E-state index contributed by atoms with van der Waals surface area (Å²) in [7, 11) is 0. The third-order valence-corrected chi connectivity index (χ3v) is 6.77. The van der Waals surface area contributed by atoms with Crippen molar-refractivity contribution in [2.75, 3.05) is 31.6 Å². The maximum Gasteiger partial charge on any atom is 0.321 e. The molecule has 0 radical (unpaired) electrons. The molecule has 4 rings (SSSR count). The Hall–Kier alpha value is -3.13. The van der Waals surface area contributed by atoms with Gasteiger partial charge >= 0.3 is 12.0 Å². The van der Waals surface area contributed by atoms with Gasteiger partial charge in [0, 0.05) is 48.9 Å². The molecule has 3 heterocycles. The molecule has 2 aliphatic heterocycles. The zero-order valence-electron chi connectivity index (χ0n) is 19.9. The van der Waals surface area contributed by atoms with Gasteiger partial charge in [0.15, 0.2) is 6.61 Å². The highest BCUT2D eigenvalue weighted by molar-refractivity contribution is 5.99. The Morgan fingerprint density at radius 1 is 1.09 bits per heavy atom. The molecule has 0 saturated carbocycles. The summed E-state index contributed by atoms with van der Waals surface area (Å²) in [6.07, 6.45) is 3.33. The number of likely N-dealkylation sites (tertiary alicyclic amines) is 1. The Balaban J connectivity index is 1.24. The number of para-hydroxylation sites is 1. The Bertz CT molecular complexity index is 1020. The molecule has 1 aromatic carbocycles. The van der Waals surface area contributed by atoms with Crippen LogP contribution in [0, 0.1) is 19.8 Å². The van der Waals surface area contributed by atoms with Crippen molar-refractivity contribution in [3.63, 3.8) is 0 Å². The fraction of sp³-hybridized carbons (Fsp3) is 0.500. The third-order valence-electron chi connectivity index (χ3n) is 6.77. The molecule has 2 fully saturated rings. The first kappa shape index (κ1) is 24.0. The number of aromatic nitrogens is 1. The van der Waals surface area contributed by atoms with Gasteiger partial charge in [-0.15, -0.1) is 0 Å². The van der Waals surface area contributed by atoms with Crippen LogP contribution in [0.5, 0.6) is 0 Å². The van der Waals surface area contributed by atoms with Crippen molar-refractivity contribution in [1.29, 1.82) is 0 Å². The van der Waals surface area contributed by atoms with Crippen molar-refractivity contribution in [1.82, 2.24) is 9.47 Å². The SMILES string of the molecule is Cc1cc(C(=O)COC(=O)C2CCN(C(=O)Nc3ccccc3)CC2)c(C)n1C[C@@H]1CCCO1. The second-order valence-electron chi connectivity index (χ2n) is 9.12. The van der Waals surface area contributed by atoms with Gasteiger partial charge in [-0.3, -0.25) is 9.59 Å². The second-order valence-corrected chi connectivity index (χ2v) is 9.12. The van der Waals surface area contributed by atoms with Gasteiger partial charge < -0.3 is 24.3 Å². The fourth-order valence-electron chi connectivity index (χ4n) is 4.73. The number of anilines is 1. The number of ether oxygens (including phenoxy) is 2. The summed E-state index contributed by atoms with van der Waals surface area (Å²) in [5.41, 5.74) is 3.22. The van der Waals surface area contributed by atoms with Gasteiger partial charge in [0.05, 0.1) is 12.0 Å². The summed E-state index contributed by atoms with van der Waals surface area (Å²) >= 11 is 0. The van der Waals surface area contributed by atoms with E-state index in [9.17, 15) is 14.4 Å². The van der Waals surface area contributed by atoms with Gasteiger partial charge in [0.25, 0.3) is 0 Å². The maximum absolute atomic E-state index is 12.8. The third kappa shape index (κ3) is 5.67. The predicted molar refractivity (Wildman–Crippen MR) is 128 cm³/mol. The first-order valence-corrected chi connectivity index (χ1v) is 12.0. The second kappa shape index (κ2) is 10.9. The molecule has 0 unspecified atom stereocenters. The number of nitrogens with zero attached hydrogens (tertiary/aromatic N) is 2. The average molecular weight is 468 g/mol. The van der Waals surface area contributed by atoms with Gasteiger partial charge in [0.1, 0.15) is 0 Å². The smallest absolute Gasteiger partial charge is 0.321 e. The number of rotatable bonds is 7. The summed E-state index contributed by atoms with van der Waals surface area (Å²) in [6, 6.07) is 11.0. The summed E-state index contributed by atoms with van der Waals surface area (Å²) < 4.78 is 13.2. The number of benzene rings is 1. The van der Waals surface area contributed by atoms with Crippen molar-refractivity contribution < 1.29 is 23.9 Å². The summed E-state index contributed by atoms with van der Waals surface area (Å²) in [4.78, 5) is 39.5. The molecule has 0 spiro atoms. The molecule has 2 aliphatic rings. The van der Waals surface area contributed by atoms with E-state index in [-0.39, 0.29) is 36.4 Å². The number of hydrogen-bond acceptors (Lipinski definition) is 5. The number of nitrogens with one attached hydrogen (secondary N) is 1. The molecule has 2 amide bonds. The van der Waals surface area contributed by atoms with E-state index in [2.05, 4.69) is 9.88 Å². The van der Waals surface area contributed by atoms with Crippen LogP contribution in [-0.4, -0.2) is 59.7 Å². The highest BCUT2D eigenvalue weighted by Gasteiger charge is 2.29. The highest BCUT2D eigenvalue weighted by atomic mass is 16.5. The van der Waals surface area contributed by atoms with E-state index in [1.165, 1.54) is 0 Å². The molecule has 8 heteroatoms. The lowest BCUT2D eigenvalue weighted by Crippen LogP contribution is -2.42. The average Bonchev–Trinajstić information content (AvgIpc) is 3.47. The van der Waals surface area contributed by atoms with Crippen LogP contribution in [0.15, 0.2) is 36.4 Å². The Kier molecular flexibility index (Phi) is 7.67. The number of hydrogen-bond donors (Lipinski definition) is 1. The first-order valence-electron chi connectivity index (χ1n) is 12.0. The molecule has 1 atom stereocenters. The molecule has 2 saturated heterocycles. The topological polar surface area (TPSA) is 89.9 Å². The number of carbonyl (C=O) groups excluding carboxylic acids is 3. The Morgan fingerprint density at radius 2 is 1.82 bits per heavy atom. The van der Waals surface area contributed by atoms with Gasteiger partial charge in [-0.25, -0.2) is 4.79 Å². The molecular formula is C26H33N3O5. The van der Waals surface area contributed by atoms with E-state index >= 15 is 0 Å². The predicted octanol–water partition coefficient (Wildman–Crippen LogP) is 3.95. The van der Waals surface area contributed by atoms with Crippen LogP contribution in [0.4, 0.5) is 10.5 Å². The number of aryl methyl sites for hydroxylation is 1. The molecule has 34 heavy (non-hydrogen) atoms. The normalized spacial score (nSPS) is 18.6. The van der Waals surface area contributed by atoms with Crippen LogP contribution in [-0.2, 0) is 20.8 Å². The quantitative estimate of drug-likeness (QED) is 0.492. The van der Waals surface area contributed by atoms with Crippen molar-refractivity contribution in [2.24, 2.45) is 5.92 Å². The standard InChI is InChI=1S/C26H33N3O5/c1-18-15-23(19(2)29(18)16-22-9-6-14-33-22)24(30)17-34-25(31)20-10-12-28(13-11-20)26(32)27-21-7-4-3-5-8-21/h3-5,7-8,15,20,22H,6,9-14,16-17H2,1-2H3,(H,27,32)/t22-/m0/s1. The number of urea groups is 1. The van der Waals surface area contributed by atoms with Crippen LogP contribution >= 0.6 is 0 Å². The lowest BCUT2D eigenvalue weighted by atomic mass is 9.97. The van der Waals surface area contributed by atoms with E-state index in [1.807, 2.05) is 50.2 Å². The van der Waals surface area contributed by atoms with Crippen molar-refractivity contribution in [3.05, 3.63) is 53.3 Å². The van der Waals surface area contributed by atoms with E-state index in [0.717, 1.165) is 43.1 Å². The van der Waals surface area contributed by atoms with Crippen LogP contribution in [0.2, 0.25) is 0 Å². The van der Waals surface area contributed by atoms with Crippen LogP contribution in [0.1, 0.15) is 47.4 Å². The van der Waals surface area contributed by atoms with Gasteiger partial charge in [-0.1, -0.05) is 18.2 Å². The van der Waals surface area contributed by atoms with Crippen LogP contribution < -0.4 is 5.32 Å². The molecule has 1 N–H and O–H groups in total. The van der Waals surface area contributed by atoms with Gasteiger partial charge in [0.2, 0.25) is 5.78 Å². The summed E-state index contributed by atoms with van der Waals surface area (Å²) in [6.45, 7) is 6.11. The first-order chi connectivity index (χ1) is 16.4. The van der Waals surface area contributed by atoms with E-state index in [4.69, 9.17) is 9.47 Å². The fourth-order valence-corrected chi connectivity index (χ4v) is 4.73. The molecular weight excluding hydrogens is 434 g/mol. The molecule has 2 aromatic rings. The van der Waals surface area contributed by atoms with E-state index in [1.54, 1.807) is 4.90 Å². The van der Waals surface area contributed by atoms with E-state index in [0.29, 0.717) is 31.5 Å². The summed E-state index contributed by atoms with van der Waals surface area (Å²) in [5, 5.41) is 2.86. The molecule has 0 bridgehead atoms. The number of esters is 1. The van der Waals surface area contributed by atoms with Crippen molar-refractivity contribution in [2.45, 2.75) is 52.2 Å². The number of carbonyl (C=O) groups is 3. The molecule has 8 nitrogen and oxygen atoms in total. The molecule has 1 aromatic heterocycles. The van der Waals surface area contributed by atoms with Gasteiger partial charge in [-0.05, 0) is 57.7 Å². The van der Waals surface area contributed by atoms with E-state index < -0.39 is 0 Å². The van der Waals surface area contributed by atoms with Crippen LogP contribution in [0.25, 0.3) is 0 Å².